The van der Waals surface area contributed by atoms with Crippen LogP contribution in [0.4, 0.5) is 0 Å². The van der Waals surface area contributed by atoms with Gasteiger partial charge in [0.1, 0.15) is 0 Å². The van der Waals surface area contributed by atoms with Crippen molar-refractivity contribution in [3.8, 4) is 0 Å². The highest BCUT2D eigenvalue weighted by Crippen LogP contribution is 2.22. The molecule has 0 heterocycles. The maximum atomic E-state index is 5.72. The van der Waals surface area contributed by atoms with Crippen LogP contribution >= 0.6 is 23.4 Å². The van der Waals surface area contributed by atoms with Crippen molar-refractivity contribution in [2.24, 2.45) is 0 Å². The zero-order chi connectivity index (χ0) is 11.1. The van der Waals surface area contributed by atoms with Gasteiger partial charge in [0.15, 0.2) is 0 Å². The molecule has 0 saturated heterocycles. The van der Waals surface area contributed by atoms with E-state index in [-0.39, 0.29) is 0 Å². The van der Waals surface area contributed by atoms with Gasteiger partial charge in [-0.15, -0.1) is 11.8 Å². The number of hydrogen-bond donors (Lipinski definition) is 1. The van der Waals surface area contributed by atoms with E-state index in [0.717, 1.165) is 18.8 Å². The lowest BCUT2D eigenvalue weighted by molar-refractivity contribution is 0.725. The van der Waals surface area contributed by atoms with Crippen molar-refractivity contribution in [3.05, 3.63) is 41.4 Å². The van der Waals surface area contributed by atoms with Crippen LogP contribution in [0.25, 0.3) is 0 Å². The molecule has 1 rings (SSSR count). The number of nitrogens with one attached hydrogen (secondary N) is 1. The Bertz CT molecular complexity index is 325. The Hall–Kier alpha value is -0.440. The fourth-order valence-corrected chi connectivity index (χ4v) is 2.07. The highest BCUT2D eigenvalue weighted by Gasteiger charge is 1.97. The molecule has 0 radical (unpaired) electrons. The van der Waals surface area contributed by atoms with Crippen molar-refractivity contribution >= 4 is 23.4 Å². The fraction of sp³-hybridized carbons (Fsp3) is 0.333. The summed E-state index contributed by atoms with van der Waals surface area (Å²) in [5, 5.41) is 4.00. The third kappa shape index (κ3) is 5.26. The van der Waals surface area contributed by atoms with Gasteiger partial charge in [-0.2, -0.15) is 0 Å². The van der Waals surface area contributed by atoms with Crippen LogP contribution in [0.15, 0.2) is 40.8 Å². The summed E-state index contributed by atoms with van der Waals surface area (Å²) in [6.45, 7) is 7.70. The van der Waals surface area contributed by atoms with Crippen molar-refractivity contribution in [1.29, 1.82) is 0 Å². The minimum Gasteiger partial charge on any atom is -0.313 e. The van der Waals surface area contributed by atoms with Gasteiger partial charge in [0.05, 0.1) is 0 Å². The summed E-state index contributed by atoms with van der Waals surface area (Å²) < 4.78 is 0. The molecule has 0 aliphatic heterocycles. The van der Waals surface area contributed by atoms with Gasteiger partial charge in [-0.1, -0.05) is 37.2 Å². The zero-order valence-corrected chi connectivity index (χ0v) is 10.5. The molecular formula is C12H16ClNS. The van der Waals surface area contributed by atoms with Gasteiger partial charge < -0.3 is 5.32 Å². The molecule has 0 saturated carbocycles. The average Bonchev–Trinajstić information content (AvgIpc) is 2.24. The van der Waals surface area contributed by atoms with Crippen molar-refractivity contribution in [3.63, 3.8) is 0 Å². The Labute approximate surface area is 101 Å². The normalized spacial score (nSPS) is 10.3. The van der Waals surface area contributed by atoms with Crippen LogP contribution in [0.2, 0.25) is 0 Å². The van der Waals surface area contributed by atoms with Crippen LogP contribution in [0, 0.1) is 0 Å². The van der Waals surface area contributed by atoms with Gasteiger partial charge in [-0.25, -0.2) is 0 Å². The first kappa shape index (κ1) is 12.6. The topological polar surface area (TPSA) is 12.0 Å². The molecule has 0 atom stereocenters. The summed E-state index contributed by atoms with van der Waals surface area (Å²) in [6, 6.07) is 8.49. The van der Waals surface area contributed by atoms with Crippen LogP contribution in [0.5, 0.6) is 0 Å². The van der Waals surface area contributed by atoms with Crippen LogP contribution in [0.1, 0.15) is 12.5 Å². The van der Waals surface area contributed by atoms with Gasteiger partial charge in [0.2, 0.25) is 0 Å². The molecule has 0 amide bonds. The summed E-state index contributed by atoms with van der Waals surface area (Å²) in [4.78, 5) is 1.24. The van der Waals surface area contributed by atoms with E-state index in [1.165, 1.54) is 10.5 Å². The van der Waals surface area contributed by atoms with Crippen molar-refractivity contribution in [2.45, 2.75) is 18.4 Å². The highest BCUT2D eigenvalue weighted by atomic mass is 35.5. The molecule has 0 bridgehead atoms. The number of rotatable bonds is 6. The van der Waals surface area contributed by atoms with Gasteiger partial charge in [0.25, 0.3) is 0 Å². The van der Waals surface area contributed by atoms with Crippen molar-refractivity contribution in [1.82, 2.24) is 5.32 Å². The van der Waals surface area contributed by atoms with E-state index in [1.807, 2.05) is 0 Å². The number of hydrogen-bond acceptors (Lipinski definition) is 2. The second kappa shape index (κ2) is 6.94. The van der Waals surface area contributed by atoms with Crippen molar-refractivity contribution in [2.75, 3.05) is 12.3 Å². The molecule has 1 nitrogen and oxygen atoms in total. The maximum Gasteiger partial charge on any atom is 0.0334 e. The number of halogens is 1. The largest absolute Gasteiger partial charge is 0.313 e. The first-order chi connectivity index (χ1) is 7.22. The van der Waals surface area contributed by atoms with Gasteiger partial charge in [0, 0.05) is 22.2 Å². The molecule has 0 aromatic heterocycles. The molecule has 0 aliphatic carbocycles. The molecule has 0 fully saturated rings. The Balaban J connectivity index is 2.53. The molecule has 0 aliphatic rings. The molecule has 1 aromatic rings. The highest BCUT2D eigenvalue weighted by molar-refractivity contribution is 7.99. The van der Waals surface area contributed by atoms with E-state index in [2.05, 4.69) is 43.1 Å². The molecular weight excluding hydrogens is 226 g/mol. The maximum absolute atomic E-state index is 5.72. The SMILES string of the molecule is C=C(Cl)CSc1cccc(CNCC)c1. The molecule has 82 valence electrons. The average molecular weight is 242 g/mol. The first-order valence-electron chi connectivity index (χ1n) is 4.98. The van der Waals surface area contributed by atoms with E-state index in [1.54, 1.807) is 11.8 Å². The Morgan fingerprint density at radius 2 is 2.33 bits per heavy atom. The molecule has 15 heavy (non-hydrogen) atoms. The lowest BCUT2D eigenvalue weighted by atomic mass is 10.2. The summed E-state index contributed by atoms with van der Waals surface area (Å²) >= 11 is 7.44. The van der Waals surface area contributed by atoms with Crippen LogP contribution in [0.3, 0.4) is 0 Å². The first-order valence-corrected chi connectivity index (χ1v) is 6.34. The molecule has 1 aromatic carbocycles. The van der Waals surface area contributed by atoms with Crippen LogP contribution < -0.4 is 5.32 Å². The Kier molecular flexibility index (Phi) is 5.84. The number of thioether (sulfide) groups is 1. The fourth-order valence-electron chi connectivity index (χ4n) is 1.18. The zero-order valence-electron chi connectivity index (χ0n) is 8.92. The summed E-state index contributed by atoms with van der Waals surface area (Å²) in [7, 11) is 0. The quantitative estimate of drug-likeness (QED) is 0.764. The number of benzene rings is 1. The lowest BCUT2D eigenvalue weighted by Crippen LogP contribution is -2.11. The third-order valence-corrected chi connectivity index (χ3v) is 3.25. The smallest absolute Gasteiger partial charge is 0.0334 e. The van der Waals surface area contributed by atoms with E-state index in [4.69, 9.17) is 11.6 Å². The molecule has 3 heteroatoms. The van der Waals surface area contributed by atoms with Gasteiger partial charge in [-0.3, -0.25) is 0 Å². The second-order valence-corrected chi connectivity index (χ2v) is 4.82. The Morgan fingerprint density at radius 1 is 1.53 bits per heavy atom. The van der Waals surface area contributed by atoms with Gasteiger partial charge >= 0.3 is 0 Å². The molecule has 0 unspecified atom stereocenters. The minimum absolute atomic E-state index is 0.692. The van der Waals surface area contributed by atoms with Crippen molar-refractivity contribution < 1.29 is 0 Å². The summed E-state index contributed by atoms with van der Waals surface area (Å²) in [5.74, 6) is 0.770. The summed E-state index contributed by atoms with van der Waals surface area (Å²) in [6.07, 6.45) is 0. The van der Waals surface area contributed by atoms with Crippen LogP contribution in [-0.4, -0.2) is 12.3 Å². The molecule has 1 N–H and O–H groups in total. The monoisotopic (exact) mass is 241 g/mol. The Morgan fingerprint density at radius 3 is 3.00 bits per heavy atom. The van der Waals surface area contributed by atoms with Crippen LogP contribution in [-0.2, 0) is 6.54 Å². The van der Waals surface area contributed by atoms with E-state index < -0.39 is 0 Å². The lowest BCUT2D eigenvalue weighted by Gasteiger charge is -2.05. The standard InChI is InChI=1S/C12H16ClNS/c1-3-14-8-11-5-4-6-12(7-11)15-9-10(2)13/h4-7,14H,2-3,8-9H2,1H3. The summed E-state index contributed by atoms with van der Waals surface area (Å²) in [5.41, 5.74) is 1.31. The third-order valence-electron chi connectivity index (χ3n) is 1.87. The predicted octanol–water partition coefficient (Wildman–Crippen LogP) is 3.64. The van der Waals surface area contributed by atoms with E-state index >= 15 is 0 Å². The van der Waals surface area contributed by atoms with E-state index in [9.17, 15) is 0 Å². The second-order valence-electron chi connectivity index (χ2n) is 3.23. The minimum atomic E-state index is 0.692. The van der Waals surface area contributed by atoms with E-state index in [0.29, 0.717) is 5.03 Å². The molecule has 0 spiro atoms. The van der Waals surface area contributed by atoms with Gasteiger partial charge in [-0.05, 0) is 24.2 Å². The predicted molar refractivity (Wildman–Crippen MR) is 69.5 cm³/mol.